The van der Waals surface area contributed by atoms with Crippen LogP contribution in [0, 0.1) is 0 Å². The second-order valence-electron chi connectivity index (χ2n) is 6.51. The summed E-state index contributed by atoms with van der Waals surface area (Å²) in [6.07, 6.45) is 3.70. The van der Waals surface area contributed by atoms with E-state index in [1.54, 1.807) is 49.7 Å². The summed E-state index contributed by atoms with van der Waals surface area (Å²) in [5, 5.41) is 2.67. The van der Waals surface area contributed by atoms with Gasteiger partial charge in [-0.2, -0.15) is 0 Å². The molecule has 2 aromatic heterocycles. The van der Waals surface area contributed by atoms with Gasteiger partial charge >= 0.3 is 0 Å². The lowest BCUT2D eigenvalue weighted by molar-refractivity contribution is 0.0904. The third kappa shape index (κ3) is 4.01. The number of rotatable bonds is 6. The van der Waals surface area contributed by atoms with Gasteiger partial charge in [0.05, 0.1) is 19.3 Å². The molecule has 0 spiro atoms. The quantitative estimate of drug-likeness (QED) is 0.515. The van der Waals surface area contributed by atoms with E-state index in [0.29, 0.717) is 22.5 Å². The minimum absolute atomic E-state index is 0.0833. The zero-order valence-corrected chi connectivity index (χ0v) is 15.8. The molecule has 4 rings (SSSR count). The van der Waals surface area contributed by atoms with Crippen LogP contribution in [0.1, 0.15) is 20.7 Å². The van der Waals surface area contributed by atoms with E-state index in [0.717, 1.165) is 11.3 Å². The van der Waals surface area contributed by atoms with Crippen molar-refractivity contribution in [3.63, 3.8) is 0 Å². The zero-order valence-electron chi connectivity index (χ0n) is 15.8. The van der Waals surface area contributed by atoms with Gasteiger partial charge in [0.25, 0.3) is 5.91 Å². The van der Waals surface area contributed by atoms with Crippen LogP contribution in [0.5, 0.6) is 5.75 Å². The van der Waals surface area contributed by atoms with E-state index in [1.165, 1.54) is 0 Å². The van der Waals surface area contributed by atoms with Gasteiger partial charge in [0.15, 0.2) is 5.78 Å². The highest BCUT2D eigenvalue weighted by Gasteiger charge is 2.12. The number of nitrogens with one attached hydrogen (secondary N) is 1. The van der Waals surface area contributed by atoms with Gasteiger partial charge in [0.1, 0.15) is 11.4 Å². The maximum Gasteiger partial charge on any atom is 0.251 e. The Labute approximate surface area is 167 Å². The Kier molecular flexibility index (Phi) is 5.07. The summed E-state index contributed by atoms with van der Waals surface area (Å²) in [4.78, 5) is 29.4. The predicted octanol–water partition coefficient (Wildman–Crippen LogP) is 3.62. The first-order valence-corrected chi connectivity index (χ1v) is 9.14. The Morgan fingerprint density at radius 3 is 2.48 bits per heavy atom. The molecule has 1 amide bonds. The minimum Gasteiger partial charge on any atom is -0.497 e. The number of Topliss-reactive ketones (excluding diaryl/α,β-unsaturated/α-hetero) is 1. The van der Waals surface area contributed by atoms with Gasteiger partial charge < -0.3 is 14.5 Å². The molecule has 0 saturated carbocycles. The van der Waals surface area contributed by atoms with Crippen molar-refractivity contribution in [1.82, 2.24) is 14.7 Å². The van der Waals surface area contributed by atoms with Crippen molar-refractivity contribution in [2.24, 2.45) is 0 Å². The first-order chi connectivity index (χ1) is 14.1. The van der Waals surface area contributed by atoms with Gasteiger partial charge in [0, 0.05) is 29.1 Å². The standard InChI is InChI=1S/C23H19N3O3/c1-29-19-9-7-17(8-10-19)21(27)14-24-23(28)18-11-12-26-15-20(25-22(26)13-18)16-5-3-2-4-6-16/h2-13,15H,14H2,1H3,(H,24,28). The molecule has 0 radical (unpaired) electrons. The van der Waals surface area contributed by atoms with Crippen LogP contribution >= 0.6 is 0 Å². The highest BCUT2D eigenvalue weighted by molar-refractivity contribution is 6.02. The topological polar surface area (TPSA) is 72.7 Å². The molecule has 144 valence electrons. The molecule has 0 aliphatic carbocycles. The average molecular weight is 385 g/mol. The van der Waals surface area contributed by atoms with Gasteiger partial charge in [-0.25, -0.2) is 4.98 Å². The molecule has 0 aliphatic rings. The summed E-state index contributed by atoms with van der Waals surface area (Å²) >= 11 is 0. The van der Waals surface area contributed by atoms with E-state index < -0.39 is 0 Å². The van der Waals surface area contributed by atoms with E-state index in [2.05, 4.69) is 10.3 Å². The minimum atomic E-state index is -0.321. The van der Waals surface area contributed by atoms with Crippen LogP contribution in [-0.2, 0) is 0 Å². The molecule has 4 aromatic rings. The van der Waals surface area contributed by atoms with E-state index in [-0.39, 0.29) is 18.2 Å². The van der Waals surface area contributed by atoms with E-state index in [4.69, 9.17) is 4.74 Å². The van der Waals surface area contributed by atoms with Crippen molar-refractivity contribution >= 4 is 17.3 Å². The summed E-state index contributed by atoms with van der Waals surface area (Å²) in [6, 6.07) is 20.0. The summed E-state index contributed by atoms with van der Waals surface area (Å²) < 4.78 is 6.94. The van der Waals surface area contributed by atoms with Crippen molar-refractivity contribution in [3.8, 4) is 17.0 Å². The number of hydrogen-bond acceptors (Lipinski definition) is 4. The first kappa shape index (κ1) is 18.4. The Hall–Kier alpha value is -3.93. The van der Waals surface area contributed by atoms with E-state index in [1.807, 2.05) is 40.9 Å². The molecule has 0 saturated heterocycles. The number of fused-ring (bicyclic) bond motifs is 1. The number of ketones is 1. The average Bonchev–Trinajstić information content (AvgIpc) is 3.21. The number of amides is 1. The van der Waals surface area contributed by atoms with Crippen LogP contribution in [-0.4, -0.2) is 34.7 Å². The summed E-state index contributed by atoms with van der Waals surface area (Å²) in [6.45, 7) is -0.0833. The van der Waals surface area contributed by atoms with Crippen LogP contribution in [0.2, 0.25) is 0 Å². The zero-order chi connectivity index (χ0) is 20.2. The number of methoxy groups -OCH3 is 1. The van der Waals surface area contributed by atoms with Gasteiger partial charge in [0.2, 0.25) is 0 Å². The second kappa shape index (κ2) is 7.98. The van der Waals surface area contributed by atoms with Crippen LogP contribution in [0.25, 0.3) is 16.9 Å². The SMILES string of the molecule is COc1ccc(C(=O)CNC(=O)c2ccn3cc(-c4ccccc4)nc3c2)cc1. The normalized spacial score (nSPS) is 10.7. The second-order valence-corrected chi connectivity index (χ2v) is 6.51. The van der Waals surface area contributed by atoms with Crippen LogP contribution in [0.15, 0.2) is 79.1 Å². The van der Waals surface area contributed by atoms with Crippen LogP contribution in [0.3, 0.4) is 0 Å². The molecule has 2 aromatic carbocycles. The van der Waals surface area contributed by atoms with Gasteiger partial charge in [-0.3, -0.25) is 9.59 Å². The molecule has 0 atom stereocenters. The number of imidazole rings is 1. The number of carbonyl (C=O) groups is 2. The number of benzene rings is 2. The number of carbonyl (C=O) groups excluding carboxylic acids is 2. The molecule has 6 nitrogen and oxygen atoms in total. The number of nitrogens with zero attached hydrogens (tertiary/aromatic N) is 2. The van der Waals surface area contributed by atoms with Crippen molar-refractivity contribution in [2.75, 3.05) is 13.7 Å². The summed E-state index contributed by atoms with van der Waals surface area (Å²) in [5.41, 5.74) is 3.47. The van der Waals surface area contributed by atoms with Crippen LogP contribution in [0.4, 0.5) is 0 Å². The lowest BCUT2D eigenvalue weighted by atomic mass is 10.1. The molecule has 0 fully saturated rings. The lowest BCUT2D eigenvalue weighted by Gasteiger charge is -2.06. The van der Waals surface area contributed by atoms with Crippen molar-refractivity contribution in [1.29, 1.82) is 0 Å². The summed E-state index contributed by atoms with van der Waals surface area (Å²) in [7, 11) is 1.57. The molecule has 1 N–H and O–H groups in total. The lowest BCUT2D eigenvalue weighted by Crippen LogP contribution is -2.29. The fourth-order valence-corrected chi connectivity index (χ4v) is 3.01. The Balaban J connectivity index is 1.46. The molecule has 0 unspecified atom stereocenters. The number of aromatic nitrogens is 2. The predicted molar refractivity (Wildman–Crippen MR) is 110 cm³/mol. The Morgan fingerprint density at radius 2 is 1.76 bits per heavy atom. The molecular weight excluding hydrogens is 366 g/mol. The highest BCUT2D eigenvalue weighted by Crippen LogP contribution is 2.19. The number of ether oxygens (including phenoxy) is 1. The van der Waals surface area contributed by atoms with Crippen molar-refractivity contribution in [3.05, 3.63) is 90.3 Å². The van der Waals surface area contributed by atoms with E-state index in [9.17, 15) is 9.59 Å². The molecule has 29 heavy (non-hydrogen) atoms. The Bertz CT molecular complexity index is 1170. The molecule has 0 bridgehead atoms. The van der Waals surface area contributed by atoms with Gasteiger partial charge in [-0.05, 0) is 36.4 Å². The van der Waals surface area contributed by atoms with E-state index >= 15 is 0 Å². The third-order valence-electron chi connectivity index (χ3n) is 4.61. The molecular formula is C23H19N3O3. The Morgan fingerprint density at radius 1 is 1.00 bits per heavy atom. The highest BCUT2D eigenvalue weighted by atomic mass is 16.5. The molecule has 0 aliphatic heterocycles. The third-order valence-corrected chi connectivity index (χ3v) is 4.61. The van der Waals surface area contributed by atoms with Crippen molar-refractivity contribution < 1.29 is 14.3 Å². The maximum atomic E-state index is 12.5. The van der Waals surface area contributed by atoms with Gasteiger partial charge in [-0.1, -0.05) is 30.3 Å². The monoisotopic (exact) mass is 385 g/mol. The molecule has 2 heterocycles. The summed E-state index contributed by atoms with van der Waals surface area (Å²) in [5.74, 6) is 0.182. The smallest absolute Gasteiger partial charge is 0.251 e. The molecule has 6 heteroatoms. The maximum absolute atomic E-state index is 12.5. The number of pyridine rings is 1. The fraction of sp³-hybridized carbons (Fsp3) is 0.0870. The largest absolute Gasteiger partial charge is 0.497 e. The van der Waals surface area contributed by atoms with Crippen molar-refractivity contribution in [2.45, 2.75) is 0 Å². The van der Waals surface area contributed by atoms with Crippen LogP contribution < -0.4 is 10.1 Å². The van der Waals surface area contributed by atoms with Gasteiger partial charge in [-0.15, -0.1) is 0 Å². The number of hydrogen-bond donors (Lipinski definition) is 1. The fourth-order valence-electron chi connectivity index (χ4n) is 3.01. The first-order valence-electron chi connectivity index (χ1n) is 9.14.